The second kappa shape index (κ2) is 10.6. The Morgan fingerprint density at radius 2 is 1.93 bits per heavy atom. The predicted octanol–water partition coefficient (Wildman–Crippen LogP) is 2.93. The first-order valence-corrected chi connectivity index (χ1v) is 12.2. The molecule has 0 aliphatic carbocycles. The molecule has 0 saturated carbocycles. The first-order chi connectivity index (χ1) is 14.5. The molecule has 1 aliphatic heterocycles. The number of piperidine rings is 1. The maximum absolute atomic E-state index is 12.1. The van der Waals surface area contributed by atoms with E-state index < -0.39 is 10.0 Å². The van der Waals surface area contributed by atoms with Gasteiger partial charge >= 0.3 is 0 Å². The van der Waals surface area contributed by atoms with Crippen molar-refractivity contribution >= 4 is 16.0 Å². The molecule has 3 rings (SSSR count). The molecule has 1 atom stereocenters. The molecule has 8 heteroatoms. The van der Waals surface area contributed by atoms with Crippen LogP contribution in [0.5, 0.6) is 0 Å². The van der Waals surface area contributed by atoms with E-state index in [4.69, 9.17) is 9.41 Å². The van der Waals surface area contributed by atoms with Crippen LogP contribution in [0.1, 0.15) is 44.1 Å². The molecule has 30 heavy (non-hydrogen) atoms. The molecular weight excluding hydrogens is 400 g/mol. The lowest BCUT2D eigenvalue weighted by Crippen LogP contribution is -2.50. The highest BCUT2D eigenvalue weighted by molar-refractivity contribution is 7.89. The van der Waals surface area contributed by atoms with Crippen LogP contribution in [-0.2, 0) is 16.4 Å². The van der Waals surface area contributed by atoms with Gasteiger partial charge in [-0.15, -0.1) is 0 Å². The van der Waals surface area contributed by atoms with Crippen molar-refractivity contribution in [3.8, 4) is 0 Å². The third-order valence-electron chi connectivity index (χ3n) is 5.41. The Balaban J connectivity index is 1.62. The quantitative estimate of drug-likeness (QED) is 0.495. The average molecular weight is 433 g/mol. The summed E-state index contributed by atoms with van der Waals surface area (Å²) in [6.07, 6.45) is 3.93. The summed E-state index contributed by atoms with van der Waals surface area (Å²) in [5.74, 6) is 1.81. The van der Waals surface area contributed by atoms with Crippen LogP contribution in [0.2, 0.25) is 0 Å². The lowest BCUT2D eigenvalue weighted by molar-refractivity contribution is 0.306. The zero-order valence-corrected chi connectivity index (χ0v) is 18.6. The van der Waals surface area contributed by atoms with Gasteiger partial charge in [-0.25, -0.2) is 12.7 Å². The van der Waals surface area contributed by atoms with E-state index in [-0.39, 0.29) is 17.8 Å². The van der Waals surface area contributed by atoms with Gasteiger partial charge in [0.25, 0.3) is 0 Å². The van der Waals surface area contributed by atoms with Crippen molar-refractivity contribution in [1.29, 1.82) is 0 Å². The summed E-state index contributed by atoms with van der Waals surface area (Å²) < 4.78 is 31.2. The third-order valence-corrected chi connectivity index (χ3v) is 7.30. The van der Waals surface area contributed by atoms with Crippen LogP contribution in [0.15, 0.2) is 58.1 Å². The van der Waals surface area contributed by atoms with Crippen LogP contribution in [0.4, 0.5) is 0 Å². The van der Waals surface area contributed by atoms with Crippen LogP contribution in [0, 0.1) is 0 Å². The van der Waals surface area contributed by atoms with Gasteiger partial charge in [0.15, 0.2) is 5.96 Å². The highest BCUT2D eigenvalue weighted by Gasteiger charge is 2.27. The van der Waals surface area contributed by atoms with Crippen LogP contribution in [-0.4, -0.2) is 50.1 Å². The highest BCUT2D eigenvalue weighted by Crippen LogP contribution is 2.15. The molecule has 1 saturated heterocycles. The van der Waals surface area contributed by atoms with Gasteiger partial charge in [-0.1, -0.05) is 30.3 Å². The molecule has 2 aromatic rings. The number of rotatable bonds is 8. The number of hydrogen-bond acceptors (Lipinski definition) is 4. The molecule has 1 aromatic carbocycles. The summed E-state index contributed by atoms with van der Waals surface area (Å²) in [6, 6.07) is 14.4. The molecule has 1 aromatic heterocycles. The number of furan rings is 1. The summed E-state index contributed by atoms with van der Waals surface area (Å²) in [7, 11) is -3.12. The molecule has 0 amide bonds. The number of sulfonamides is 1. The standard InChI is InChI=1S/C22H32N4O3S/c1-3-30(27,28)26-15-12-20(13-16-26)25-22(23-14-11-21-10-7-17-29-21)24-18(2)19-8-5-4-6-9-19/h4-10,17-18,20H,3,11-16H2,1-2H3,(H2,23,24,25). The smallest absolute Gasteiger partial charge is 0.213 e. The van der Waals surface area contributed by atoms with Crippen molar-refractivity contribution in [3.63, 3.8) is 0 Å². The van der Waals surface area contributed by atoms with Gasteiger partial charge in [-0.05, 0) is 44.4 Å². The minimum Gasteiger partial charge on any atom is -0.469 e. The van der Waals surface area contributed by atoms with Crippen LogP contribution in [0.25, 0.3) is 0 Å². The predicted molar refractivity (Wildman–Crippen MR) is 120 cm³/mol. The molecule has 2 heterocycles. The van der Waals surface area contributed by atoms with Gasteiger partial charge in [-0.2, -0.15) is 0 Å². The van der Waals surface area contributed by atoms with Gasteiger partial charge in [-0.3, -0.25) is 4.99 Å². The molecule has 1 fully saturated rings. The van der Waals surface area contributed by atoms with Gasteiger partial charge in [0.05, 0.1) is 18.1 Å². The first-order valence-electron chi connectivity index (χ1n) is 10.6. The maximum atomic E-state index is 12.1. The second-order valence-electron chi connectivity index (χ2n) is 7.55. The SMILES string of the molecule is CCS(=O)(=O)N1CCC(NC(=NCCc2ccco2)NC(C)c2ccccc2)CC1. The highest BCUT2D eigenvalue weighted by atomic mass is 32.2. The topological polar surface area (TPSA) is 86.9 Å². The van der Waals surface area contributed by atoms with E-state index in [1.54, 1.807) is 17.5 Å². The normalized spacial score (nSPS) is 17.6. The minimum atomic E-state index is -3.12. The zero-order valence-electron chi connectivity index (χ0n) is 17.8. The number of nitrogens with one attached hydrogen (secondary N) is 2. The molecule has 1 aliphatic rings. The van der Waals surface area contributed by atoms with Crippen LogP contribution >= 0.6 is 0 Å². The molecule has 2 N–H and O–H groups in total. The van der Waals surface area contributed by atoms with Crippen molar-refractivity contribution in [1.82, 2.24) is 14.9 Å². The summed E-state index contributed by atoms with van der Waals surface area (Å²) in [6.45, 7) is 5.49. The number of nitrogens with zero attached hydrogens (tertiary/aromatic N) is 2. The molecule has 7 nitrogen and oxygen atoms in total. The fourth-order valence-corrected chi connectivity index (χ4v) is 4.68. The van der Waals surface area contributed by atoms with Crippen LogP contribution in [0.3, 0.4) is 0 Å². The van der Waals surface area contributed by atoms with E-state index in [9.17, 15) is 8.42 Å². The van der Waals surface area contributed by atoms with Gasteiger partial charge in [0.1, 0.15) is 5.76 Å². The fraction of sp³-hybridized carbons (Fsp3) is 0.500. The fourth-order valence-electron chi connectivity index (χ4n) is 3.55. The van der Waals surface area contributed by atoms with Crippen molar-refractivity contribution < 1.29 is 12.8 Å². The summed E-state index contributed by atoms with van der Waals surface area (Å²) in [4.78, 5) is 4.74. The Morgan fingerprint density at radius 1 is 1.20 bits per heavy atom. The largest absolute Gasteiger partial charge is 0.469 e. The molecule has 164 valence electrons. The lowest BCUT2D eigenvalue weighted by atomic mass is 10.1. The number of aliphatic imine (C=N–C) groups is 1. The first kappa shape index (κ1) is 22.4. The number of guanidine groups is 1. The Bertz CT molecular complexity index is 890. The maximum Gasteiger partial charge on any atom is 0.213 e. The van der Waals surface area contributed by atoms with Gasteiger partial charge in [0, 0.05) is 32.1 Å². The monoisotopic (exact) mass is 432 g/mol. The Kier molecular flexibility index (Phi) is 7.93. The van der Waals surface area contributed by atoms with Crippen molar-refractivity contribution in [2.75, 3.05) is 25.4 Å². The van der Waals surface area contributed by atoms with Crippen molar-refractivity contribution in [2.45, 2.75) is 45.2 Å². The minimum absolute atomic E-state index is 0.0987. The zero-order chi connectivity index (χ0) is 21.4. The van der Waals surface area contributed by atoms with E-state index in [1.807, 2.05) is 30.3 Å². The Labute approximate surface area is 179 Å². The Morgan fingerprint density at radius 3 is 2.57 bits per heavy atom. The number of hydrogen-bond donors (Lipinski definition) is 2. The van der Waals surface area contributed by atoms with Crippen molar-refractivity contribution in [2.24, 2.45) is 4.99 Å². The van der Waals surface area contributed by atoms with E-state index in [0.717, 1.165) is 31.0 Å². The summed E-state index contributed by atoms with van der Waals surface area (Å²) in [5.41, 5.74) is 1.18. The van der Waals surface area contributed by atoms with Crippen molar-refractivity contribution in [3.05, 3.63) is 60.1 Å². The number of benzene rings is 1. The van der Waals surface area contributed by atoms with Gasteiger partial charge < -0.3 is 15.1 Å². The van der Waals surface area contributed by atoms with E-state index in [0.29, 0.717) is 19.6 Å². The van der Waals surface area contributed by atoms with E-state index >= 15 is 0 Å². The molecular formula is C22H32N4O3S. The van der Waals surface area contributed by atoms with Gasteiger partial charge in [0.2, 0.25) is 10.0 Å². The van der Waals surface area contributed by atoms with E-state index in [1.165, 1.54) is 5.56 Å². The second-order valence-corrected chi connectivity index (χ2v) is 9.81. The third kappa shape index (κ3) is 6.34. The Hall–Kier alpha value is -2.32. The summed E-state index contributed by atoms with van der Waals surface area (Å²) in [5, 5.41) is 7.00. The van der Waals surface area contributed by atoms with Crippen LogP contribution < -0.4 is 10.6 Å². The van der Waals surface area contributed by atoms with E-state index in [2.05, 4.69) is 29.7 Å². The molecule has 0 spiro atoms. The molecule has 1 unspecified atom stereocenters. The lowest BCUT2D eigenvalue weighted by Gasteiger charge is -2.32. The summed E-state index contributed by atoms with van der Waals surface area (Å²) >= 11 is 0. The molecule has 0 radical (unpaired) electrons. The average Bonchev–Trinajstić information content (AvgIpc) is 3.28. The molecule has 0 bridgehead atoms.